The second-order valence-corrected chi connectivity index (χ2v) is 13.3. The minimum absolute atomic E-state index is 0.0415. The highest BCUT2D eigenvalue weighted by Crippen LogP contribution is 2.51. The van der Waals surface area contributed by atoms with E-state index < -0.39 is 83.0 Å². The van der Waals surface area contributed by atoms with Crippen molar-refractivity contribution in [1.29, 1.82) is 0 Å². The van der Waals surface area contributed by atoms with Crippen LogP contribution in [0.3, 0.4) is 0 Å². The molecule has 6 rings (SSSR count). The Balaban J connectivity index is 1.20. The Bertz CT molecular complexity index is 1870. The first-order chi connectivity index (χ1) is 21.3. The number of hydrogen-bond acceptors (Lipinski definition) is 16. The van der Waals surface area contributed by atoms with Crippen molar-refractivity contribution in [3.8, 4) is 0 Å². The zero-order valence-electron chi connectivity index (χ0n) is 22.3. The van der Waals surface area contributed by atoms with E-state index in [1.165, 1.54) is 10.9 Å². The number of nitrogens with zero attached hydrogens (tertiary/aromatic N) is 7. The van der Waals surface area contributed by atoms with Crippen LogP contribution < -0.4 is 17.0 Å². The number of alkyl halides is 2. The Morgan fingerprint density at radius 2 is 1.73 bits per heavy atom. The average Bonchev–Trinajstić information content (AvgIpc) is 3.73. The number of rotatable bonds is 10. The number of nitrogens with one attached hydrogen (secondary N) is 1. The number of H-pyrrole nitrogens is 1. The maximum atomic E-state index is 15.7. The Labute approximate surface area is 254 Å². The number of aromatic nitrogens is 8. The molecule has 242 valence electrons. The van der Waals surface area contributed by atoms with Crippen molar-refractivity contribution in [2.75, 3.05) is 24.7 Å². The van der Waals surface area contributed by atoms with Crippen molar-refractivity contribution in [3.63, 3.8) is 0 Å². The number of halogens is 2. The summed E-state index contributed by atoms with van der Waals surface area (Å²) in [5.74, 6) is -0.256. The molecule has 2 aliphatic rings. The molecule has 2 fully saturated rings. The van der Waals surface area contributed by atoms with Crippen LogP contribution in [0.2, 0.25) is 0 Å². The number of anilines is 2. The van der Waals surface area contributed by atoms with Crippen LogP contribution in [-0.2, 0) is 39.4 Å². The molecule has 0 radical (unpaired) electrons. The largest absolute Gasteiger partial charge is 0.694 e. The highest BCUT2D eigenvalue weighted by Gasteiger charge is 2.52. The molecule has 4 aromatic heterocycles. The number of nitrogens with two attached hydrogens (primary N) is 2. The molecule has 10 atom stereocenters. The molecule has 2 unspecified atom stereocenters. The number of nitrogen functional groups attached to an aromatic ring is 2. The molecule has 45 heavy (non-hydrogen) atoms. The predicted octanol–water partition coefficient (Wildman–Crippen LogP) is -0.759. The Kier molecular flexibility index (Phi) is 8.60. The zero-order valence-corrected chi connectivity index (χ0v) is 24.9. The standard InChI is InChI=1S/C20H22F2N10O10P2S/c21-8-6(1-38-43(35)36)40-19(32-5-28-11-16(32)29-20(24)30-17(11)34)13(8)42-44(37,45)39-2-7-12(33)9(22)18(41-7)31-4-27-10-14(23)25-3-26-15(10)31/h3-9,12-13,18-19,33H,1-2H2,(H6-,23,24,25,26,29,30,34,35,36,37,45)/p+1/t6-,7-,8-,9-,12-,13-,18-,19-,44?/m1/s1. The molecule has 2 aliphatic heterocycles. The Morgan fingerprint density at radius 3 is 2.47 bits per heavy atom. The molecule has 0 aromatic carbocycles. The maximum absolute atomic E-state index is 15.7. The minimum Gasteiger partial charge on any atom is -0.387 e. The van der Waals surface area contributed by atoms with E-state index in [4.69, 9.17) is 46.7 Å². The first kappa shape index (κ1) is 31.8. The van der Waals surface area contributed by atoms with Gasteiger partial charge < -0.3 is 35.5 Å². The lowest BCUT2D eigenvalue weighted by Gasteiger charge is -2.26. The van der Waals surface area contributed by atoms with Crippen LogP contribution in [0.1, 0.15) is 12.5 Å². The number of hydrogen-bond donors (Lipinski definition) is 6. The Morgan fingerprint density at radius 1 is 1.04 bits per heavy atom. The van der Waals surface area contributed by atoms with Gasteiger partial charge in [0.2, 0.25) is 5.95 Å². The van der Waals surface area contributed by atoms with Gasteiger partial charge in [-0.05, 0) is 11.8 Å². The van der Waals surface area contributed by atoms with Crippen molar-refractivity contribution >= 4 is 60.9 Å². The van der Waals surface area contributed by atoms with Crippen LogP contribution in [0.5, 0.6) is 0 Å². The van der Waals surface area contributed by atoms with Crippen LogP contribution in [0.25, 0.3) is 22.3 Å². The molecule has 0 saturated carbocycles. The molecule has 4 aromatic rings. The second kappa shape index (κ2) is 12.2. The number of aromatic amines is 1. The van der Waals surface area contributed by atoms with Gasteiger partial charge in [0.15, 0.2) is 47.4 Å². The normalized spacial score (nSPS) is 30.3. The molecule has 0 bridgehead atoms. The van der Waals surface area contributed by atoms with Gasteiger partial charge in [-0.2, -0.15) is 4.98 Å². The van der Waals surface area contributed by atoms with Gasteiger partial charge in [-0.3, -0.25) is 23.4 Å². The van der Waals surface area contributed by atoms with Gasteiger partial charge in [0, 0.05) is 4.57 Å². The monoisotopic (exact) mass is 695 g/mol. The maximum Gasteiger partial charge on any atom is 0.694 e. The van der Waals surface area contributed by atoms with Crippen molar-refractivity contribution in [1.82, 2.24) is 39.0 Å². The minimum atomic E-state index is -4.44. The molecule has 6 heterocycles. The molecule has 0 spiro atoms. The summed E-state index contributed by atoms with van der Waals surface area (Å²) in [5, 5.41) is 10.5. The lowest BCUT2D eigenvalue weighted by atomic mass is 10.1. The molecule has 20 nitrogen and oxygen atoms in total. The Hall–Kier alpha value is -3.21. The summed E-state index contributed by atoms with van der Waals surface area (Å²) >= 11 is 5.08. The van der Waals surface area contributed by atoms with Crippen LogP contribution in [-0.4, -0.2) is 104 Å². The van der Waals surface area contributed by atoms with E-state index in [0.717, 1.165) is 17.2 Å². The molecular formula is C20H23F2N10O10P2S+. The van der Waals surface area contributed by atoms with Crippen LogP contribution in [0, 0.1) is 0 Å². The van der Waals surface area contributed by atoms with Gasteiger partial charge in [0.1, 0.15) is 42.9 Å². The number of aliphatic hydroxyl groups is 1. The quantitative estimate of drug-likeness (QED) is 0.111. The summed E-state index contributed by atoms with van der Waals surface area (Å²) in [7, 11) is -3.13. The molecule has 25 heteroatoms. The molecule has 0 amide bonds. The summed E-state index contributed by atoms with van der Waals surface area (Å²) in [6.45, 7) is -5.86. The van der Waals surface area contributed by atoms with E-state index in [1.54, 1.807) is 0 Å². The molecule has 0 aliphatic carbocycles. The third-order valence-corrected chi connectivity index (χ3v) is 8.88. The first-order valence-corrected chi connectivity index (χ1v) is 16.4. The highest BCUT2D eigenvalue weighted by molar-refractivity contribution is 8.07. The third-order valence-electron chi connectivity index (χ3n) is 6.95. The lowest BCUT2D eigenvalue weighted by Crippen LogP contribution is -2.33. The second-order valence-electron chi connectivity index (χ2n) is 9.74. The third kappa shape index (κ3) is 6.04. The number of fused-ring (bicyclic) bond motifs is 2. The molecular weight excluding hydrogens is 672 g/mol. The van der Waals surface area contributed by atoms with E-state index >= 15 is 8.78 Å². The van der Waals surface area contributed by atoms with Crippen LogP contribution in [0.15, 0.2) is 23.8 Å². The summed E-state index contributed by atoms with van der Waals surface area (Å²) < 4.78 is 70.8. The van der Waals surface area contributed by atoms with Gasteiger partial charge >= 0.3 is 15.0 Å². The van der Waals surface area contributed by atoms with E-state index in [-0.39, 0.29) is 34.1 Å². The van der Waals surface area contributed by atoms with Crippen molar-refractivity contribution in [2.24, 2.45) is 0 Å². The van der Waals surface area contributed by atoms with E-state index in [2.05, 4.69) is 34.4 Å². The highest BCUT2D eigenvalue weighted by atomic mass is 32.5. The lowest BCUT2D eigenvalue weighted by molar-refractivity contribution is -0.0540. The summed E-state index contributed by atoms with van der Waals surface area (Å²) in [6, 6.07) is 0. The van der Waals surface area contributed by atoms with E-state index in [1.807, 2.05) is 0 Å². The average molecular weight is 695 g/mol. The van der Waals surface area contributed by atoms with Crippen LogP contribution >= 0.6 is 15.0 Å². The van der Waals surface area contributed by atoms with Gasteiger partial charge in [0.05, 0.1) is 19.3 Å². The molecule has 2 saturated heterocycles. The fraction of sp³-hybridized carbons (Fsp3) is 0.500. The molecule has 8 N–H and O–H groups in total. The number of aliphatic hydroxyl groups excluding tert-OH is 1. The van der Waals surface area contributed by atoms with Crippen molar-refractivity contribution in [3.05, 3.63) is 29.3 Å². The summed E-state index contributed by atoms with van der Waals surface area (Å²) in [6.07, 6.45) is -10.2. The van der Waals surface area contributed by atoms with E-state index in [9.17, 15) is 19.4 Å². The predicted molar refractivity (Wildman–Crippen MR) is 149 cm³/mol. The SMILES string of the molecule is Nc1nc2c(ncn2[C@@H]2O[C@H](CO[P+](=O)O)[C@@H](F)[C@H]2OP(O)(=S)OC[C@H]2O[C@@H](n3cnc4c(N)ncnc43)[C@H](F)[C@@H]2O)c(=O)[nH]1. The number of imidazole rings is 2. The van der Waals surface area contributed by atoms with Crippen LogP contribution in [0.4, 0.5) is 20.5 Å². The fourth-order valence-corrected chi connectivity index (χ4v) is 6.58. The number of ether oxygens (including phenoxy) is 2. The van der Waals surface area contributed by atoms with Gasteiger partial charge in [0.25, 0.3) is 5.56 Å². The van der Waals surface area contributed by atoms with Gasteiger partial charge in [-0.15, -0.1) is 9.42 Å². The fourth-order valence-electron chi connectivity index (χ4n) is 4.91. The summed E-state index contributed by atoms with van der Waals surface area (Å²) in [5.41, 5.74) is 10.7. The van der Waals surface area contributed by atoms with Gasteiger partial charge in [-0.1, -0.05) is 0 Å². The zero-order chi connectivity index (χ0) is 32.2. The van der Waals surface area contributed by atoms with Crippen molar-refractivity contribution in [2.45, 2.75) is 49.2 Å². The topological polar surface area (TPSA) is 283 Å². The van der Waals surface area contributed by atoms with E-state index in [0.29, 0.717) is 0 Å². The summed E-state index contributed by atoms with van der Waals surface area (Å²) in [4.78, 5) is 54.2. The van der Waals surface area contributed by atoms with Crippen molar-refractivity contribution < 1.29 is 51.3 Å². The first-order valence-electron chi connectivity index (χ1n) is 12.7. The smallest absolute Gasteiger partial charge is 0.387 e. The van der Waals surface area contributed by atoms with Gasteiger partial charge in [-0.25, -0.2) is 28.7 Å².